The first kappa shape index (κ1) is 17.7. The number of carbonyl (C=O) groups excluding carboxylic acids is 2. The van der Waals surface area contributed by atoms with Crippen molar-refractivity contribution in [2.75, 3.05) is 39.3 Å². The standard InChI is InChI=1S/C18H31N3O3/c22-17(14-21-10-4-7-18(21)23)19-9-8-16-13-20(11-12-24-16)15-5-2-1-3-6-15/h15-16H,1-14H2,(H,19,22). The van der Waals surface area contributed by atoms with Crippen molar-refractivity contribution in [3.63, 3.8) is 0 Å². The van der Waals surface area contributed by atoms with Gasteiger partial charge < -0.3 is 15.0 Å². The summed E-state index contributed by atoms with van der Waals surface area (Å²) in [6.07, 6.45) is 9.28. The van der Waals surface area contributed by atoms with Crippen molar-refractivity contribution in [1.82, 2.24) is 15.1 Å². The van der Waals surface area contributed by atoms with Crippen LogP contribution in [0.25, 0.3) is 0 Å². The molecule has 1 aliphatic carbocycles. The number of nitrogens with zero attached hydrogens (tertiary/aromatic N) is 2. The molecule has 3 rings (SSSR count). The van der Waals surface area contributed by atoms with Crippen molar-refractivity contribution in [1.29, 1.82) is 0 Å². The third-order valence-electron chi connectivity index (χ3n) is 5.56. The molecule has 2 aliphatic heterocycles. The Morgan fingerprint density at radius 2 is 2.00 bits per heavy atom. The van der Waals surface area contributed by atoms with Crippen LogP contribution in [0.3, 0.4) is 0 Å². The second-order valence-corrected chi connectivity index (χ2v) is 7.34. The highest BCUT2D eigenvalue weighted by Crippen LogP contribution is 2.24. The molecular weight excluding hydrogens is 306 g/mol. The smallest absolute Gasteiger partial charge is 0.239 e. The van der Waals surface area contributed by atoms with E-state index in [9.17, 15) is 9.59 Å². The summed E-state index contributed by atoms with van der Waals surface area (Å²) in [5.41, 5.74) is 0. The van der Waals surface area contributed by atoms with E-state index in [4.69, 9.17) is 4.74 Å². The lowest BCUT2D eigenvalue weighted by atomic mass is 9.93. The minimum Gasteiger partial charge on any atom is -0.375 e. The molecule has 24 heavy (non-hydrogen) atoms. The van der Waals surface area contributed by atoms with Gasteiger partial charge in [-0.3, -0.25) is 14.5 Å². The molecule has 0 spiro atoms. The predicted molar refractivity (Wildman–Crippen MR) is 91.6 cm³/mol. The van der Waals surface area contributed by atoms with Gasteiger partial charge in [-0.1, -0.05) is 19.3 Å². The first-order valence-corrected chi connectivity index (χ1v) is 9.62. The number of amides is 2. The molecule has 1 N–H and O–H groups in total. The van der Waals surface area contributed by atoms with Crippen LogP contribution in [0.2, 0.25) is 0 Å². The van der Waals surface area contributed by atoms with Crippen molar-refractivity contribution in [2.24, 2.45) is 0 Å². The van der Waals surface area contributed by atoms with Gasteiger partial charge in [-0.15, -0.1) is 0 Å². The van der Waals surface area contributed by atoms with Gasteiger partial charge in [-0.05, 0) is 25.7 Å². The van der Waals surface area contributed by atoms with Gasteiger partial charge in [-0.25, -0.2) is 0 Å². The van der Waals surface area contributed by atoms with Gasteiger partial charge in [0.15, 0.2) is 0 Å². The van der Waals surface area contributed by atoms with E-state index in [1.807, 2.05) is 0 Å². The lowest BCUT2D eigenvalue weighted by Crippen LogP contribution is -2.49. The van der Waals surface area contributed by atoms with Crippen molar-refractivity contribution in [2.45, 2.75) is 63.5 Å². The van der Waals surface area contributed by atoms with E-state index in [0.717, 1.165) is 38.6 Å². The van der Waals surface area contributed by atoms with Crippen molar-refractivity contribution >= 4 is 11.8 Å². The summed E-state index contributed by atoms with van der Waals surface area (Å²) in [7, 11) is 0. The number of morpholine rings is 1. The molecule has 0 radical (unpaired) electrons. The second kappa shape index (κ2) is 8.81. The summed E-state index contributed by atoms with van der Waals surface area (Å²) in [4.78, 5) is 27.7. The van der Waals surface area contributed by atoms with Crippen LogP contribution in [0.15, 0.2) is 0 Å². The molecular formula is C18H31N3O3. The summed E-state index contributed by atoms with van der Waals surface area (Å²) in [6.45, 7) is 4.39. The molecule has 3 aliphatic rings. The number of hydrogen-bond acceptors (Lipinski definition) is 4. The van der Waals surface area contributed by atoms with Gasteiger partial charge in [0.1, 0.15) is 0 Å². The average molecular weight is 337 g/mol. The van der Waals surface area contributed by atoms with Crippen LogP contribution < -0.4 is 5.32 Å². The number of carbonyl (C=O) groups is 2. The zero-order valence-corrected chi connectivity index (χ0v) is 14.7. The van der Waals surface area contributed by atoms with Crippen LogP contribution in [0.4, 0.5) is 0 Å². The summed E-state index contributed by atoms with van der Waals surface area (Å²) in [6, 6.07) is 0.737. The molecule has 0 bridgehead atoms. The molecule has 6 nitrogen and oxygen atoms in total. The Balaban J connectivity index is 1.33. The Morgan fingerprint density at radius 3 is 2.75 bits per heavy atom. The van der Waals surface area contributed by atoms with E-state index in [0.29, 0.717) is 19.5 Å². The Labute approximate surface area is 144 Å². The molecule has 2 heterocycles. The lowest BCUT2D eigenvalue weighted by Gasteiger charge is -2.40. The number of ether oxygens (including phenoxy) is 1. The van der Waals surface area contributed by atoms with Gasteiger partial charge in [0.2, 0.25) is 11.8 Å². The van der Waals surface area contributed by atoms with Crippen LogP contribution >= 0.6 is 0 Å². The maximum atomic E-state index is 11.9. The fraction of sp³-hybridized carbons (Fsp3) is 0.889. The lowest BCUT2D eigenvalue weighted by molar-refractivity contribution is -0.133. The molecule has 6 heteroatoms. The molecule has 2 saturated heterocycles. The number of nitrogens with one attached hydrogen (secondary N) is 1. The topological polar surface area (TPSA) is 61.9 Å². The molecule has 0 aromatic heterocycles. The summed E-state index contributed by atoms with van der Waals surface area (Å²) >= 11 is 0. The Hall–Kier alpha value is -1.14. The quantitative estimate of drug-likeness (QED) is 0.790. The van der Waals surface area contributed by atoms with Gasteiger partial charge in [0, 0.05) is 38.6 Å². The highest BCUT2D eigenvalue weighted by molar-refractivity contribution is 5.85. The maximum absolute atomic E-state index is 11.9. The molecule has 1 atom stereocenters. The van der Waals surface area contributed by atoms with Gasteiger partial charge >= 0.3 is 0 Å². The van der Waals surface area contributed by atoms with Gasteiger partial charge in [0.05, 0.1) is 19.3 Å². The van der Waals surface area contributed by atoms with Crippen LogP contribution in [0.5, 0.6) is 0 Å². The molecule has 3 fully saturated rings. The Morgan fingerprint density at radius 1 is 1.17 bits per heavy atom. The zero-order valence-electron chi connectivity index (χ0n) is 14.7. The van der Waals surface area contributed by atoms with E-state index < -0.39 is 0 Å². The zero-order chi connectivity index (χ0) is 16.8. The normalized spacial score (nSPS) is 26.8. The van der Waals surface area contributed by atoms with Crippen molar-refractivity contribution < 1.29 is 14.3 Å². The fourth-order valence-corrected chi connectivity index (χ4v) is 4.17. The van der Waals surface area contributed by atoms with Crippen LogP contribution in [-0.4, -0.2) is 73.1 Å². The summed E-state index contributed by atoms with van der Waals surface area (Å²) < 4.78 is 5.87. The van der Waals surface area contributed by atoms with Gasteiger partial charge in [0.25, 0.3) is 0 Å². The highest BCUT2D eigenvalue weighted by atomic mass is 16.5. The average Bonchev–Trinajstić information content (AvgIpc) is 3.01. The van der Waals surface area contributed by atoms with Crippen LogP contribution in [0, 0.1) is 0 Å². The Kier molecular flexibility index (Phi) is 6.49. The first-order chi connectivity index (χ1) is 11.7. The van der Waals surface area contributed by atoms with E-state index in [-0.39, 0.29) is 24.5 Å². The molecule has 2 amide bonds. The molecule has 0 aromatic carbocycles. The third-order valence-corrected chi connectivity index (χ3v) is 5.56. The monoisotopic (exact) mass is 337 g/mol. The molecule has 1 saturated carbocycles. The largest absolute Gasteiger partial charge is 0.375 e. The number of hydrogen-bond donors (Lipinski definition) is 1. The van der Waals surface area contributed by atoms with Crippen molar-refractivity contribution in [3.05, 3.63) is 0 Å². The van der Waals surface area contributed by atoms with Crippen LogP contribution in [-0.2, 0) is 14.3 Å². The Bertz CT molecular complexity index is 437. The minimum atomic E-state index is -0.0507. The molecule has 1 unspecified atom stereocenters. The highest BCUT2D eigenvalue weighted by Gasteiger charge is 2.27. The SMILES string of the molecule is O=C(CN1CCCC1=O)NCCC1CN(C2CCCCC2)CCO1. The molecule has 136 valence electrons. The first-order valence-electron chi connectivity index (χ1n) is 9.62. The third kappa shape index (κ3) is 4.93. The summed E-state index contributed by atoms with van der Waals surface area (Å²) in [5.74, 6) is 0.0501. The van der Waals surface area contributed by atoms with E-state index in [1.54, 1.807) is 4.90 Å². The number of likely N-dealkylation sites (tertiary alicyclic amines) is 1. The second-order valence-electron chi connectivity index (χ2n) is 7.34. The van der Waals surface area contributed by atoms with E-state index in [2.05, 4.69) is 10.2 Å². The predicted octanol–water partition coefficient (Wildman–Crippen LogP) is 1.15. The summed E-state index contributed by atoms with van der Waals surface area (Å²) in [5, 5.41) is 2.94. The maximum Gasteiger partial charge on any atom is 0.239 e. The van der Waals surface area contributed by atoms with E-state index >= 15 is 0 Å². The minimum absolute atomic E-state index is 0.0507. The van der Waals surface area contributed by atoms with Gasteiger partial charge in [-0.2, -0.15) is 0 Å². The van der Waals surface area contributed by atoms with Crippen molar-refractivity contribution in [3.8, 4) is 0 Å². The van der Waals surface area contributed by atoms with E-state index in [1.165, 1.54) is 32.1 Å². The van der Waals surface area contributed by atoms with Crippen LogP contribution in [0.1, 0.15) is 51.4 Å². The fourth-order valence-electron chi connectivity index (χ4n) is 4.17. The molecule has 0 aromatic rings. The number of rotatable bonds is 6.